The number of hydrogen-bond acceptors (Lipinski definition) is 4. The average molecular weight is 601 g/mol. The molecule has 0 aromatic heterocycles. The Kier molecular flexibility index (Phi) is 8.12. The first kappa shape index (κ1) is 30.2. The van der Waals surface area contributed by atoms with Crippen molar-refractivity contribution in [2.24, 2.45) is 23.2 Å². The van der Waals surface area contributed by atoms with Gasteiger partial charge in [-0.05, 0) is 90.0 Å². The van der Waals surface area contributed by atoms with E-state index in [0.717, 1.165) is 29.2 Å². The molecule has 2 amide bonds. The average Bonchev–Trinajstić information content (AvgIpc) is 3.33. The van der Waals surface area contributed by atoms with Crippen LogP contribution in [0, 0.1) is 23.2 Å². The molecule has 1 heterocycles. The lowest BCUT2D eigenvalue weighted by Gasteiger charge is -2.64. The summed E-state index contributed by atoms with van der Waals surface area (Å²) in [5.41, 5.74) is 1.20. The van der Waals surface area contributed by atoms with Crippen LogP contribution in [0.1, 0.15) is 82.3 Å². The molecule has 2 bridgehead atoms. The van der Waals surface area contributed by atoms with E-state index in [4.69, 9.17) is 20.9 Å². The molecule has 6 nitrogen and oxygen atoms in total. The van der Waals surface area contributed by atoms with Gasteiger partial charge in [-0.2, -0.15) is 0 Å². The Bertz CT molecular complexity index is 1530. The van der Waals surface area contributed by atoms with Crippen molar-refractivity contribution < 1.29 is 18.9 Å². The SMILES string of the molecule is CC(C)C[C@H](NC(=O)CC(NC(=O)c1ccc2ccccc2c1)c1cccc(Cl)c1)B1O[C@@H]2C[C@@H]3C[C@@H](C3(C)C)[C@]2(C)O1. The fourth-order valence-electron chi connectivity index (χ4n) is 7.82. The number of rotatable bonds is 9. The normalized spacial score (nSPS) is 26.9. The van der Waals surface area contributed by atoms with Crippen LogP contribution in [0.25, 0.3) is 10.8 Å². The van der Waals surface area contributed by atoms with Gasteiger partial charge < -0.3 is 19.9 Å². The molecule has 8 heteroatoms. The van der Waals surface area contributed by atoms with E-state index in [9.17, 15) is 9.59 Å². The van der Waals surface area contributed by atoms with Gasteiger partial charge >= 0.3 is 7.12 Å². The van der Waals surface area contributed by atoms with E-state index in [2.05, 4.69) is 45.3 Å². The lowest BCUT2D eigenvalue weighted by Crippen LogP contribution is -2.65. The molecular formula is C35H42BClN2O4. The van der Waals surface area contributed by atoms with Gasteiger partial charge in [0, 0.05) is 10.6 Å². The molecule has 3 aromatic carbocycles. The van der Waals surface area contributed by atoms with E-state index in [1.54, 1.807) is 12.1 Å². The molecule has 0 spiro atoms. The summed E-state index contributed by atoms with van der Waals surface area (Å²) in [4.78, 5) is 27.2. The summed E-state index contributed by atoms with van der Waals surface area (Å²) >= 11 is 6.33. The van der Waals surface area contributed by atoms with E-state index in [0.29, 0.717) is 28.3 Å². The van der Waals surface area contributed by atoms with Crippen LogP contribution in [0.15, 0.2) is 66.7 Å². The maximum Gasteiger partial charge on any atom is 0.481 e. The molecule has 1 saturated heterocycles. The summed E-state index contributed by atoms with van der Waals surface area (Å²) in [5.74, 6) is 0.706. The van der Waals surface area contributed by atoms with Crippen LogP contribution < -0.4 is 10.6 Å². The first-order valence-electron chi connectivity index (χ1n) is 15.6. The van der Waals surface area contributed by atoms with Crippen molar-refractivity contribution in [3.05, 3.63) is 82.9 Å². The maximum atomic E-state index is 13.7. The van der Waals surface area contributed by atoms with Crippen molar-refractivity contribution in [2.45, 2.75) is 84.0 Å². The van der Waals surface area contributed by atoms with Crippen LogP contribution in [0.2, 0.25) is 5.02 Å². The summed E-state index contributed by atoms with van der Waals surface area (Å²) in [5, 5.41) is 8.94. The zero-order valence-corrected chi connectivity index (χ0v) is 26.5. The van der Waals surface area contributed by atoms with Crippen LogP contribution in [-0.2, 0) is 14.1 Å². The second kappa shape index (κ2) is 11.6. The van der Waals surface area contributed by atoms with Gasteiger partial charge in [0.25, 0.3) is 5.91 Å². The number of halogens is 1. The molecule has 2 N–H and O–H groups in total. The Morgan fingerprint density at radius 1 is 0.977 bits per heavy atom. The van der Waals surface area contributed by atoms with Gasteiger partial charge in [0.1, 0.15) is 0 Å². The second-order valence-corrected chi connectivity index (χ2v) is 14.4. The molecule has 3 aromatic rings. The fraction of sp³-hybridized carbons (Fsp3) is 0.486. The largest absolute Gasteiger partial charge is 0.481 e. The smallest absolute Gasteiger partial charge is 0.404 e. The summed E-state index contributed by atoms with van der Waals surface area (Å²) < 4.78 is 13.3. The van der Waals surface area contributed by atoms with Crippen LogP contribution in [0.4, 0.5) is 0 Å². The van der Waals surface area contributed by atoms with Gasteiger partial charge in [-0.25, -0.2) is 0 Å². The Balaban J connectivity index is 1.19. The van der Waals surface area contributed by atoms with E-state index in [1.807, 2.05) is 54.6 Å². The van der Waals surface area contributed by atoms with Gasteiger partial charge in [-0.1, -0.05) is 81.8 Å². The summed E-state index contributed by atoms with van der Waals surface area (Å²) in [6, 6.07) is 20.3. The van der Waals surface area contributed by atoms with Gasteiger partial charge in [0.15, 0.2) is 0 Å². The van der Waals surface area contributed by atoms with Crippen LogP contribution >= 0.6 is 11.6 Å². The molecule has 4 fully saturated rings. The van der Waals surface area contributed by atoms with E-state index in [-0.39, 0.29) is 41.3 Å². The number of carbonyl (C=O) groups is 2. The highest BCUT2D eigenvalue weighted by molar-refractivity contribution is 6.47. The zero-order chi connectivity index (χ0) is 30.5. The lowest BCUT2D eigenvalue weighted by atomic mass is 9.43. The Hall–Kier alpha value is -2.87. The number of carbonyl (C=O) groups excluding carboxylic acids is 2. The molecule has 4 aliphatic rings. The molecule has 43 heavy (non-hydrogen) atoms. The molecule has 0 radical (unpaired) electrons. The first-order chi connectivity index (χ1) is 20.4. The van der Waals surface area contributed by atoms with Crippen LogP contribution in [0.3, 0.4) is 0 Å². The van der Waals surface area contributed by atoms with Crippen molar-refractivity contribution in [3.8, 4) is 0 Å². The second-order valence-electron chi connectivity index (χ2n) is 14.0. The van der Waals surface area contributed by atoms with Gasteiger partial charge in [0.05, 0.1) is 30.1 Å². The molecule has 1 unspecified atom stereocenters. The minimum absolute atomic E-state index is 0.0429. The van der Waals surface area contributed by atoms with Crippen LogP contribution in [-0.4, -0.2) is 36.6 Å². The molecule has 1 aliphatic heterocycles. The summed E-state index contributed by atoms with van der Waals surface area (Å²) in [6.07, 6.45) is 2.99. The number of benzene rings is 3. The van der Waals surface area contributed by atoms with Crippen molar-refractivity contribution in [1.29, 1.82) is 0 Å². The Morgan fingerprint density at radius 3 is 2.47 bits per heavy atom. The third-order valence-corrected chi connectivity index (χ3v) is 10.6. The molecular weight excluding hydrogens is 559 g/mol. The van der Waals surface area contributed by atoms with Gasteiger partial charge in [-0.3, -0.25) is 9.59 Å². The van der Waals surface area contributed by atoms with Crippen molar-refractivity contribution >= 4 is 41.3 Å². The van der Waals surface area contributed by atoms with E-state index < -0.39 is 13.2 Å². The minimum Gasteiger partial charge on any atom is -0.404 e. The monoisotopic (exact) mass is 600 g/mol. The zero-order valence-electron chi connectivity index (χ0n) is 25.7. The number of nitrogens with one attached hydrogen (secondary N) is 2. The molecule has 7 rings (SSSR count). The summed E-state index contributed by atoms with van der Waals surface area (Å²) in [6.45, 7) is 11.2. The lowest BCUT2D eigenvalue weighted by molar-refractivity contribution is -0.199. The van der Waals surface area contributed by atoms with E-state index in [1.165, 1.54) is 6.42 Å². The number of hydrogen-bond donors (Lipinski definition) is 2. The topological polar surface area (TPSA) is 76.7 Å². The Morgan fingerprint density at radius 2 is 1.74 bits per heavy atom. The van der Waals surface area contributed by atoms with E-state index >= 15 is 0 Å². The highest BCUT2D eigenvalue weighted by atomic mass is 35.5. The molecule has 3 aliphatic carbocycles. The van der Waals surface area contributed by atoms with Crippen LogP contribution in [0.5, 0.6) is 0 Å². The van der Waals surface area contributed by atoms with Crippen molar-refractivity contribution in [3.63, 3.8) is 0 Å². The number of amides is 2. The van der Waals surface area contributed by atoms with Crippen molar-refractivity contribution in [2.75, 3.05) is 0 Å². The molecule has 226 valence electrons. The van der Waals surface area contributed by atoms with Gasteiger partial charge in [0.2, 0.25) is 5.91 Å². The fourth-order valence-corrected chi connectivity index (χ4v) is 8.01. The third-order valence-electron chi connectivity index (χ3n) is 10.3. The Labute approximate surface area is 260 Å². The third kappa shape index (κ3) is 5.84. The maximum absolute atomic E-state index is 13.7. The summed E-state index contributed by atoms with van der Waals surface area (Å²) in [7, 11) is -0.506. The van der Waals surface area contributed by atoms with Crippen molar-refractivity contribution in [1.82, 2.24) is 10.6 Å². The quantitative estimate of drug-likeness (QED) is 0.256. The van der Waals surface area contributed by atoms with Gasteiger partial charge in [-0.15, -0.1) is 0 Å². The highest BCUT2D eigenvalue weighted by Crippen LogP contribution is 2.65. The number of fused-ring (bicyclic) bond motifs is 1. The predicted molar refractivity (Wildman–Crippen MR) is 172 cm³/mol. The first-order valence-corrected chi connectivity index (χ1v) is 16.0. The predicted octanol–water partition coefficient (Wildman–Crippen LogP) is 7.15. The minimum atomic E-state index is -0.573. The molecule has 3 saturated carbocycles. The highest BCUT2D eigenvalue weighted by Gasteiger charge is 2.68. The molecule has 6 atom stereocenters. The standard InChI is InChI=1S/C35H42BClN2O4/c1-21(2)15-31(36-42-30-19-26-18-29(34(26,3)4)35(30,5)43-36)39-32(40)20-28(24-11-8-12-27(37)17-24)38-33(41)25-14-13-22-9-6-7-10-23(22)16-25/h6-14,16-17,21,26,28-31H,15,18-20H2,1-5H3,(H,38,41)(H,39,40)/t26-,28?,29-,30+,31-,35-/m0/s1.